The first-order valence-electron chi connectivity index (χ1n) is 9.76. The normalized spacial score (nSPS) is 11.8. The number of aromatic hydroxyl groups is 2. The molecule has 0 amide bonds. The second-order valence-electron chi connectivity index (χ2n) is 7.45. The van der Waals surface area contributed by atoms with Crippen molar-refractivity contribution in [3.8, 4) is 11.5 Å². The van der Waals surface area contributed by atoms with E-state index in [-0.39, 0.29) is 28.2 Å². The van der Waals surface area contributed by atoms with E-state index in [9.17, 15) is 24.6 Å². The Hall–Kier alpha value is -3.62. The number of hydrogen-bond donors (Lipinski definition) is 3. The fourth-order valence-corrected chi connectivity index (χ4v) is 3.77. The average molecular weight is 473 g/mol. The van der Waals surface area contributed by atoms with E-state index >= 15 is 0 Å². The molecule has 3 N–H and O–H groups in total. The van der Waals surface area contributed by atoms with Crippen LogP contribution in [0.5, 0.6) is 11.5 Å². The lowest BCUT2D eigenvalue weighted by Crippen LogP contribution is -2.21. The lowest BCUT2D eigenvalue weighted by molar-refractivity contribution is -0.108. The van der Waals surface area contributed by atoms with Crippen LogP contribution in [0.3, 0.4) is 0 Å². The number of aryl methyl sites for hydroxylation is 3. The fourth-order valence-electron chi connectivity index (χ4n) is 3.61. The molecule has 4 rings (SSSR count). The maximum Gasteiger partial charge on any atom is 0.344 e. The molecule has 0 aliphatic carbocycles. The predicted molar refractivity (Wildman–Crippen MR) is 124 cm³/mol. The fraction of sp³-hybridized carbons (Fsp3) is 0.208. The number of benzene rings is 2. The van der Waals surface area contributed by atoms with Gasteiger partial charge in [-0.1, -0.05) is 11.6 Å². The van der Waals surface area contributed by atoms with Crippen molar-refractivity contribution in [1.82, 2.24) is 0 Å². The molecule has 0 fully saturated rings. The summed E-state index contributed by atoms with van der Waals surface area (Å²) in [5, 5.41) is 29.2. The van der Waals surface area contributed by atoms with Crippen molar-refractivity contribution in [2.75, 3.05) is 7.11 Å². The minimum absolute atomic E-state index is 0.0682. The summed E-state index contributed by atoms with van der Waals surface area (Å²) in [5.74, 6) is -2.69. The minimum atomic E-state index is -1.62. The quantitative estimate of drug-likeness (QED) is 0.302. The van der Waals surface area contributed by atoms with Gasteiger partial charge < -0.3 is 28.9 Å². The number of hydrogen-bond acceptors (Lipinski definition) is 8. The van der Waals surface area contributed by atoms with Gasteiger partial charge in [0.25, 0.3) is 0 Å². The molecule has 33 heavy (non-hydrogen) atoms. The number of halogens is 1. The highest BCUT2D eigenvalue weighted by Gasteiger charge is 2.31. The van der Waals surface area contributed by atoms with E-state index in [4.69, 9.17) is 25.5 Å². The summed E-state index contributed by atoms with van der Waals surface area (Å²) >= 11 is 6.12. The van der Waals surface area contributed by atoms with Crippen molar-refractivity contribution in [3.63, 3.8) is 0 Å². The molecule has 0 saturated heterocycles. The Bertz CT molecular complexity index is 1400. The molecule has 0 aliphatic rings. The largest absolute Gasteiger partial charge is 0.507 e. The monoisotopic (exact) mass is 472 g/mol. The zero-order valence-corrected chi connectivity index (χ0v) is 19.0. The van der Waals surface area contributed by atoms with E-state index in [1.165, 1.54) is 12.1 Å². The summed E-state index contributed by atoms with van der Waals surface area (Å²) < 4.78 is 10.6. The number of carbonyl (C=O) groups is 1. The number of aliphatic hydroxyl groups excluding tert-OH is 1. The molecule has 0 aliphatic heterocycles. The topological polar surface area (TPSA) is 138 Å². The Labute approximate surface area is 192 Å². The number of fused-ring (bicyclic) bond motifs is 2. The third-order valence-corrected chi connectivity index (χ3v) is 5.89. The summed E-state index contributed by atoms with van der Waals surface area (Å²) in [6.07, 6.45) is 0.270. The summed E-state index contributed by atoms with van der Waals surface area (Å²) in [6.45, 7) is 5.33. The van der Waals surface area contributed by atoms with Crippen LogP contribution in [0.15, 0.2) is 42.7 Å². The second kappa shape index (κ2) is 9.09. The van der Waals surface area contributed by atoms with E-state index < -0.39 is 39.8 Å². The zero-order chi connectivity index (χ0) is 24.6. The molecule has 2 aromatic carbocycles. The Kier molecular flexibility index (Phi) is 6.62. The van der Waals surface area contributed by atoms with Gasteiger partial charge in [0.1, 0.15) is 29.0 Å². The van der Waals surface area contributed by atoms with Gasteiger partial charge in [0.15, 0.2) is 0 Å². The van der Waals surface area contributed by atoms with Crippen LogP contribution < -0.4 is 11.3 Å². The summed E-state index contributed by atoms with van der Waals surface area (Å²) in [4.78, 5) is 37.4. The molecule has 4 aromatic rings. The van der Waals surface area contributed by atoms with Gasteiger partial charge in [-0.15, -0.1) is 0 Å². The van der Waals surface area contributed by atoms with Gasteiger partial charge in [0.05, 0.1) is 27.8 Å². The molecule has 0 radical (unpaired) electrons. The highest BCUT2D eigenvalue weighted by atomic mass is 35.5. The van der Waals surface area contributed by atoms with Gasteiger partial charge in [-0.25, -0.2) is 9.59 Å². The number of rotatable bonds is 3. The van der Waals surface area contributed by atoms with Crippen molar-refractivity contribution in [2.45, 2.75) is 26.7 Å². The molecule has 2 aromatic heterocycles. The highest BCUT2D eigenvalue weighted by molar-refractivity contribution is 6.32. The Morgan fingerprint density at radius 3 is 1.70 bits per heavy atom. The summed E-state index contributed by atoms with van der Waals surface area (Å²) in [5.41, 5.74) is -0.504. The van der Waals surface area contributed by atoms with Crippen LogP contribution in [-0.2, 0) is 4.79 Å². The molecule has 0 bridgehead atoms. The van der Waals surface area contributed by atoms with Crippen LogP contribution in [0.1, 0.15) is 33.7 Å². The van der Waals surface area contributed by atoms with Gasteiger partial charge in [0, 0.05) is 12.1 Å². The highest BCUT2D eigenvalue weighted by Crippen LogP contribution is 2.39. The first-order chi connectivity index (χ1) is 15.6. The molecule has 1 atom stereocenters. The van der Waals surface area contributed by atoms with Gasteiger partial charge in [0.2, 0.25) is 0 Å². The van der Waals surface area contributed by atoms with E-state index in [0.29, 0.717) is 10.6 Å². The van der Waals surface area contributed by atoms with Crippen LogP contribution in [0.25, 0.3) is 21.9 Å². The van der Waals surface area contributed by atoms with Crippen LogP contribution in [0.2, 0.25) is 5.02 Å². The summed E-state index contributed by atoms with van der Waals surface area (Å²) in [6, 6.07) is 6.08. The maximum atomic E-state index is 12.7. The lowest BCUT2D eigenvalue weighted by atomic mass is 9.91. The molecule has 0 spiro atoms. The van der Waals surface area contributed by atoms with Gasteiger partial charge >= 0.3 is 11.3 Å². The number of carbonyl (C=O) groups excluding carboxylic acids is 1. The predicted octanol–water partition coefficient (Wildman–Crippen LogP) is 3.83. The molecule has 0 saturated carbocycles. The SMILES string of the molecule is CO.Cc1cc2oc(=O)c(C(C=O)c3c(O)c4cc(Cl)c(C)cc4oc3=O)c(O)c2cc1C. The molecule has 9 heteroatoms. The van der Waals surface area contributed by atoms with E-state index in [1.807, 2.05) is 13.8 Å². The molecular formula is C24H21ClO8. The molecular weight excluding hydrogens is 452 g/mol. The Morgan fingerprint density at radius 2 is 1.21 bits per heavy atom. The van der Waals surface area contributed by atoms with Crippen LogP contribution in [-0.4, -0.2) is 28.7 Å². The van der Waals surface area contributed by atoms with Gasteiger partial charge in [-0.3, -0.25) is 0 Å². The van der Waals surface area contributed by atoms with Crippen molar-refractivity contribution in [2.24, 2.45) is 0 Å². The van der Waals surface area contributed by atoms with Crippen molar-refractivity contribution in [1.29, 1.82) is 0 Å². The van der Waals surface area contributed by atoms with E-state index in [2.05, 4.69) is 0 Å². The molecule has 1 unspecified atom stereocenters. The first kappa shape index (κ1) is 24.0. The van der Waals surface area contributed by atoms with Crippen molar-refractivity contribution in [3.05, 3.63) is 77.9 Å². The number of aliphatic hydroxyl groups is 1. The first-order valence-corrected chi connectivity index (χ1v) is 10.1. The second-order valence-corrected chi connectivity index (χ2v) is 7.85. The van der Waals surface area contributed by atoms with E-state index in [1.54, 1.807) is 19.1 Å². The van der Waals surface area contributed by atoms with E-state index in [0.717, 1.165) is 18.2 Å². The smallest absolute Gasteiger partial charge is 0.344 e. The Balaban J connectivity index is 0.00000149. The third kappa shape index (κ3) is 3.99. The minimum Gasteiger partial charge on any atom is -0.507 e. The van der Waals surface area contributed by atoms with Crippen LogP contribution in [0, 0.1) is 20.8 Å². The standard InChI is InChI=1S/C23H17ClO7.CH4O/c1-9-4-12-16(5-10(9)2)30-22(28)18(20(12)26)14(8-25)19-21(27)13-7-15(24)11(3)6-17(13)31-23(19)29;1-2/h4-8,14,26-27H,1-3H3;2H,1H3. The van der Waals surface area contributed by atoms with Crippen LogP contribution in [0.4, 0.5) is 0 Å². The van der Waals surface area contributed by atoms with Gasteiger partial charge in [-0.05, 0) is 61.7 Å². The molecule has 2 heterocycles. The zero-order valence-electron chi connectivity index (χ0n) is 18.2. The summed E-state index contributed by atoms with van der Waals surface area (Å²) in [7, 11) is 1.00. The van der Waals surface area contributed by atoms with Crippen molar-refractivity contribution < 1.29 is 28.9 Å². The third-order valence-electron chi connectivity index (χ3n) is 5.48. The maximum absolute atomic E-state index is 12.7. The Morgan fingerprint density at radius 1 is 0.788 bits per heavy atom. The molecule has 172 valence electrons. The van der Waals surface area contributed by atoms with Crippen LogP contribution >= 0.6 is 11.6 Å². The number of aldehydes is 1. The average Bonchev–Trinajstić information content (AvgIpc) is 2.77. The van der Waals surface area contributed by atoms with Gasteiger partial charge in [-0.2, -0.15) is 0 Å². The van der Waals surface area contributed by atoms with Crippen molar-refractivity contribution >= 4 is 39.8 Å². The molecule has 8 nitrogen and oxygen atoms in total. The lowest BCUT2D eigenvalue weighted by Gasteiger charge is -2.15.